The average molecular weight is 434 g/mol. The van der Waals surface area contributed by atoms with Gasteiger partial charge < -0.3 is 10.4 Å². The maximum atomic E-state index is 12.2. The van der Waals surface area contributed by atoms with Crippen molar-refractivity contribution in [2.24, 2.45) is 0 Å². The highest BCUT2D eigenvalue weighted by molar-refractivity contribution is 9.11. The lowest BCUT2D eigenvalue weighted by atomic mass is 10.2. The van der Waals surface area contributed by atoms with Crippen molar-refractivity contribution in [3.8, 4) is 0 Å². The maximum Gasteiger partial charge on any atom is 0.355 e. The van der Waals surface area contributed by atoms with Crippen LogP contribution in [-0.2, 0) is 0 Å². The van der Waals surface area contributed by atoms with E-state index in [-0.39, 0.29) is 17.6 Å². The molecule has 1 atom stereocenters. The lowest BCUT2D eigenvalue weighted by molar-refractivity contribution is 0.0691. The monoisotopic (exact) mass is 432 g/mol. The van der Waals surface area contributed by atoms with Gasteiger partial charge in [0.15, 0.2) is 5.69 Å². The number of thiazole rings is 1. The normalized spacial score (nSPS) is 12.0. The number of carboxylic acids is 1. The van der Waals surface area contributed by atoms with E-state index in [0.717, 1.165) is 4.47 Å². The molecule has 2 rings (SSSR count). The van der Waals surface area contributed by atoms with Crippen LogP contribution in [0.4, 0.5) is 0 Å². The van der Waals surface area contributed by atoms with Crippen LogP contribution >= 0.6 is 43.2 Å². The number of amides is 1. The summed E-state index contributed by atoms with van der Waals surface area (Å²) in [5, 5.41) is 13.7. The number of carboxylic acid groups (broad SMARTS) is 1. The Bertz CT molecular complexity index is 702. The Morgan fingerprint density at radius 3 is 2.71 bits per heavy atom. The molecule has 0 saturated carbocycles. The molecular weight excluding hydrogens is 424 g/mol. The van der Waals surface area contributed by atoms with Crippen molar-refractivity contribution >= 4 is 55.1 Å². The van der Waals surface area contributed by atoms with Crippen molar-refractivity contribution in [3.63, 3.8) is 0 Å². The number of hydrogen-bond donors (Lipinski definition) is 2. The van der Waals surface area contributed by atoms with Crippen LogP contribution in [0.25, 0.3) is 0 Å². The first kappa shape index (κ1) is 16.1. The first-order chi connectivity index (χ1) is 9.88. The predicted octanol–water partition coefficient (Wildman–Crippen LogP) is 3.86. The molecule has 0 radical (unpaired) electrons. The molecule has 5 nitrogen and oxygen atoms in total. The summed E-state index contributed by atoms with van der Waals surface area (Å²) in [6.07, 6.45) is 0. The molecule has 0 spiro atoms. The summed E-state index contributed by atoms with van der Waals surface area (Å²) in [6.45, 7) is 1.76. The first-order valence-corrected chi connectivity index (χ1v) is 8.29. The van der Waals surface area contributed by atoms with Crippen molar-refractivity contribution < 1.29 is 14.7 Å². The Kier molecular flexibility index (Phi) is 5.13. The van der Waals surface area contributed by atoms with Crippen LogP contribution in [0.15, 0.2) is 32.5 Å². The SMILES string of the molecule is CC(NC(=O)c1cc(Br)ccc1Br)c1nc(C(=O)O)cs1. The third kappa shape index (κ3) is 3.90. The van der Waals surface area contributed by atoms with E-state index in [2.05, 4.69) is 42.2 Å². The van der Waals surface area contributed by atoms with Gasteiger partial charge >= 0.3 is 5.97 Å². The Hall–Kier alpha value is -1.25. The van der Waals surface area contributed by atoms with Crippen LogP contribution in [0.5, 0.6) is 0 Å². The number of aromatic carboxylic acids is 1. The zero-order valence-electron chi connectivity index (χ0n) is 10.8. The molecule has 0 aliphatic carbocycles. The summed E-state index contributed by atoms with van der Waals surface area (Å²) >= 11 is 7.85. The molecule has 1 heterocycles. The van der Waals surface area contributed by atoms with Crippen molar-refractivity contribution in [1.29, 1.82) is 0 Å². The smallest absolute Gasteiger partial charge is 0.355 e. The molecule has 110 valence electrons. The van der Waals surface area contributed by atoms with Gasteiger partial charge in [0, 0.05) is 14.3 Å². The molecule has 1 amide bonds. The van der Waals surface area contributed by atoms with Gasteiger partial charge in [-0.25, -0.2) is 9.78 Å². The molecule has 0 aliphatic heterocycles. The number of aromatic nitrogens is 1. The summed E-state index contributed by atoms with van der Waals surface area (Å²) in [4.78, 5) is 27.0. The van der Waals surface area contributed by atoms with Crippen molar-refractivity contribution in [2.45, 2.75) is 13.0 Å². The minimum atomic E-state index is -1.08. The maximum absolute atomic E-state index is 12.2. The van der Waals surface area contributed by atoms with Crippen molar-refractivity contribution in [1.82, 2.24) is 10.3 Å². The van der Waals surface area contributed by atoms with Crippen LogP contribution < -0.4 is 5.32 Å². The lowest BCUT2D eigenvalue weighted by Crippen LogP contribution is -2.27. The second-order valence-electron chi connectivity index (χ2n) is 4.20. The molecule has 8 heteroatoms. The Labute approximate surface area is 141 Å². The number of halogens is 2. The van der Waals surface area contributed by atoms with Gasteiger partial charge in [-0.05, 0) is 41.1 Å². The highest BCUT2D eigenvalue weighted by atomic mass is 79.9. The van der Waals surface area contributed by atoms with Gasteiger partial charge in [0.1, 0.15) is 5.01 Å². The highest BCUT2D eigenvalue weighted by Crippen LogP contribution is 2.23. The summed E-state index contributed by atoms with van der Waals surface area (Å²) < 4.78 is 1.48. The Balaban J connectivity index is 2.14. The number of carbonyl (C=O) groups excluding carboxylic acids is 1. The van der Waals surface area contributed by atoms with E-state index in [1.165, 1.54) is 16.7 Å². The molecule has 2 aromatic rings. The van der Waals surface area contributed by atoms with E-state index in [0.29, 0.717) is 15.0 Å². The number of nitrogens with zero attached hydrogens (tertiary/aromatic N) is 1. The zero-order valence-corrected chi connectivity index (χ0v) is 14.8. The summed E-state index contributed by atoms with van der Waals surface area (Å²) in [5.74, 6) is -1.34. The standard InChI is InChI=1S/C13H10Br2N2O3S/c1-6(12-17-10(5-21-12)13(19)20)16-11(18)8-4-7(14)2-3-9(8)15/h2-6H,1H3,(H,16,18)(H,19,20). The van der Waals surface area contributed by atoms with Crippen LogP contribution in [0.2, 0.25) is 0 Å². The summed E-state index contributed by atoms with van der Waals surface area (Å²) in [5.41, 5.74) is 0.478. The minimum Gasteiger partial charge on any atom is -0.476 e. The van der Waals surface area contributed by atoms with Gasteiger partial charge in [0.2, 0.25) is 0 Å². The van der Waals surface area contributed by atoms with Gasteiger partial charge in [-0.15, -0.1) is 11.3 Å². The number of hydrogen-bond acceptors (Lipinski definition) is 4. The van der Waals surface area contributed by atoms with Crippen molar-refractivity contribution in [3.05, 3.63) is 48.8 Å². The van der Waals surface area contributed by atoms with E-state index >= 15 is 0 Å². The quantitative estimate of drug-likeness (QED) is 0.767. The van der Waals surface area contributed by atoms with Gasteiger partial charge in [0.05, 0.1) is 11.6 Å². The van der Waals surface area contributed by atoms with Gasteiger partial charge in [-0.2, -0.15) is 0 Å². The molecule has 2 N–H and O–H groups in total. The molecule has 1 aromatic heterocycles. The topological polar surface area (TPSA) is 79.3 Å². The Morgan fingerprint density at radius 2 is 2.10 bits per heavy atom. The predicted molar refractivity (Wildman–Crippen MR) is 86.8 cm³/mol. The molecule has 1 unspecified atom stereocenters. The number of carbonyl (C=O) groups is 2. The summed E-state index contributed by atoms with van der Waals surface area (Å²) in [6, 6.07) is 4.93. The number of benzene rings is 1. The van der Waals surface area contributed by atoms with Crippen molar-refractivity contribution in [2.75, 3.05) is 0 Å². The lowest BCUT2D eigenvalue weighted by Gasteiger charge is -2.12. The molecular formula is C13H10Br2N2O3S. The fraction of sp³-hybridized carbons (Fsp3) is 0.154. The van der Waals surface area contributed by atoms with Gasteiger partial charge in [0.25, 0.3) is 5.91 Å². The van der Waals surface area contributed by atoms with Crippen LogP contribution in [-0.4, -0.2) is 22.0 Å². The first-order valence-electron chi connectivity index (χ1n) is 5.83. The number of rotatable bonds is 4. The van der Waals surface area contributed by atoms with E-state index in [1.54, 1.807) is 19.1 Å². The summed E-state index contributed by atoms with van der Waals surface area (Å²) in [7, 11) is 0. The molecule has 0 bridgehead atoms. The second-order valence-corrected chi connectivity index (χ2v) is 6.86. The average Bonchev–Trinajstić information content (AvgIpc) is 2.91. The second kappa shape index (κ2) is 6.67. The molecule has 0 fully saturated rings. The van der Waals surface area contributed by atoms with Crippen LogP contribution in [0.1, 0.15) is 38.8 Å². The zero-order chi connectivity index (χ0) is 15.6. The van der Waals surface area contributed by atoms with Crippen LogP contribution in [0.3, 0.4) is 0 Å². The van der Waals surface area contributed by atoms with E-state index < -0.39 is 5.97 Å². The number of nitrogens with one attached hydrogen (secondary N) is 1. The van der Waals surface area contributed by atoms with Gasteiger partial charge in [-0.3, -0.25) is 4.79 Å². The molecule has 21 heavy (non-hydrogen) atoms. The third-order valence-corrected chi connectivity index (χ3v) is 4.84. The fourth-order valence-electron chi connectivity index (χ4n) is 1.59. The highest BCUT2D eigenvalue weighted by Gasteiger charge is 2.18. The third-order valence-electron chi connectivity index (χ3n) is 2.63. The van der Waals surface area contributed by atoms with E-state index in [9.17, 15) is 9.59 Å². The molecule has 0 saturated heterocycles. The van der Waals surface area contributed by atoms with E-state index in [1.807, 2.05) is 6.07 Å². The van der Waals surface area contributed by atoms with Crippen LogP contribution in [0, 0.1) is 0 Å². The van der Waals surface area contributed by atoms with Gasteiger partial charge in [-0.1, -0.05) is 15.9 Å². The fourth-order valence-corrected chi connectivity index (χ4v) is 3.18. The molecule has 0 aliphatic rings. The molecule has 1 aromatic carbocycles. The minimum absolute atomic E-state index is 0.0141. The largest absolute Gasteiger partial charge is 0.476 e. The Morgan fingerprint density at radius 1 is 1.38 bits per heavy atom. The van der Waals surface area contributed by atoms with E-state index in [4.69, 9.17) is 5.11 Å².